The Kier molecular flexibility index (Phi) is 7.09. The van der Waals surface area contributed by atoms with Crippen LogP contribution < -0.4 is 16.6 Å². The zero-order chi connectivity index (χ0) is 18.5. The summed E-state index contributed by atoms with van der Waals surface area (Å²) in [7, 11) is 0. The lowest BCUT2D eigenvalue weighted by Gasteiger charge is -2.31. The summed E-state index contributed by atoms with van der Waals surface area (Å²) in [6.45, 7) is 5.00. The molecule has 0 saturated heterocycles. The first-order valence-electron chi connectivity index (χ1n) is 7.20. The Balaban J connectivity index is 2.75. The van der Waals surface area contributed by atoms with Gasteiger partial charge in [-0.15, -0.1) is 0 Å². The van der Waals surface area contributed by atoms with Crippen LogP contribution in [-0.4, -0.2) is 18.1 Å². The molecule has 2 amide bonds. The van der Waals surface area contributed by atoms with Gasteiger partial charge in [-0.3, -0.25) is 10.2 Å². The van der Waals surface area contributed by atoms with Crippen molar-refractivity contribution in [1.29, 1.82) is 0 Å². The molecule has 0 saturated carbocycles. The third-order valence-electron chi connectivity index (χ3n) is 3.68. The lowest BCUT2D eigenvalue weighted by Crippen LogP contribution is -2.51. The molecule has 0 heterocycles. The number of ether oxygens (including phenoxy) is 1. The van der Waals surface area contributed by atoms with E-state index in [9.17, 15) is 18.4 Å². The molecule has 0 aliphatic heterocycles. The fraction of sp³-hybridized carbons (Fsp3) is 0.467. The predicted octanol–water partition coefficient (Wildman–Crippen LogP) is 2.75. The Hall–Kier alpha value is -1.74. The van der Waals surface area contributed by atoms with Gasteiger partial charge in [0.1, 0.15) is 11.6 Å². The number of primary amides is 1. The van der Waals surface area contributed by atoms with E-state index in [1.165, 1.54) is 0 Å². The van der Waals surface area contributed by atoms with Crippen LogP contribution in [0.3, 0.4) is 0 Å². The summed E-state index contributed by atoms with van der Waals surface area (Å²) < 4.78 is 32.5. The van der Waals surface area contributed by atoms with Crippen molar-refractivity contribution >= 4 is 27.9 Å². The van der Waals surface area contributed by atoms with E-state index >= 15 is 0 Å². The zero-order valence-corrected chi connectivity index (χ0v) is 15.2. The van der Waals surface area contributed by atoms with Gasteiger partial charge in [0, 0.05) is 22.0 Å². The van der Waals surface area contributed by atoms with E-state index in [4.69, 9.17) is 10.5 Å². The second-order valence-corrected chi connectivity index (χ2v) is 6.77. The molecule has 0 spiro atoms. The van der Waals surface area contributed by atoms with E-state index in [0.29, 0.717) is 6.42 Å². The summed E-state index contributed by atoms with van der Waals surface area (Å²) in [6, 6.07) is 2.22. The van der Waals surface area contributed by atoms with Crippen LogP contribution in [0, 0.1) is 17.0 Å². The van der Waals surface area contributed by atoms with Crippen molar-refractivity contribution in [2.45, 2.75) is 39.8 Å². The highest BCUT2D eigenvalue weighted by atomic mass is 79.9. The molecule has 0 aromatic heterocycles. The minimum absolute atomic E-state index is 0.236. The largest absolute Gasteiger partial charge is 0.436 e. The number of hydrazine groups is 1. The van der Waals surface area contributed by atoms with Crippen LogP contribution in [0.15, 0.2) is 16.6 Å². The number of hydrogen-bond acceptors (Lipinski definition) is 4. The Morgan fingerprint density at radius 3 is 2.33 bits per heavy atom. The van der Waals surface area contributed by atoms with Crippen LogP contribution in [0.25, 0.3) is 0 Å². The highest BCUT2D eigenvalue weighted by molar-refractivity contribution is 9.10. The first-order chi connectivity index (χ1) is 11.1. The van der Waals surface area contributed by atoms with E-state index in [2.05, 4.69) is 26.8 Å². The average molecular weight is 408 g/mol. The molecule has 6 nitrogen and oxygen atoms in total. The van der Waals surface area contributed by atoms with Crippen LogP contribution in [0.2, 0.25) is 0 Å². The molecule has 1 atom stereocenters. The fourth-order valence-corrected chi connectivity index (χ4v) is 2.30. The SMILES string of the molecule is CCC(C)(C)[C@H](OC(N)=O)C(=O)NNCc1c(F)cc(Br)cc1F. The topological polar surface area (TPSA) is 93.5 Å². The number of rotatable bonds is 7. The number of hydrogen-bond donors (Lipinski definition) is 3. The molecule has 134 valence electrons. The fourth-order valence-electron chi connectivity index (χ4n) is 1.90. The molecule has 0 aliphatic rings. The van der Waals surface area contributed by atoms with Gasteiger partial charge >= 0.3 is 6.09 Å². The molecule has 1 rings (SSSR count). The van der Waals surface area contributed by atoms with E-state index in [-0.39, 0.29) is 16.6 Å². The molecule has 0 bridgehead atoms. The average Bonchev–Trinajstić information content (AvgIpc) is 2.46. The number of halogens is 3. The minimum Gasteiger partial charge on any atom is -0.436 e. The maximum Gasteiger partial charge on any atom is 0.405 e. The molecule has 0 unspecified atom stereocenters. The van der Waals surface area contributed by atoms with E-state index in [0.717, 1.165) is 12.1 Å². The van der Waals surface area contributed by atoms with Crippen molar-refractivity contribution in [2.75, 3.05) is 0 Å². The Labute approximate surface area is 147 Å². The third-order valence-corrected chi connectivity index (χ3v) is 4.13. The van der Waals surface area contributed by atoms with E-state index in [1.54, 1.807) is 13.8 Å². The quantitative estimate of drug-likeness (QED) is 0.605. The van der Waals surface area contributed by atoms with Gasteiger partial charge in [0.2, 0.25) is 0 Å². The van der Waals surface area contributed by atoms with Gasteiger partial charge in [-0.1, -0.05) is 36.7 Å². The summed E-state index contributed by atoms with van der Waals surface area (Å²) >= 11 is 2.98. The van der Waals surface area contributed by atoms with Gasteiger partial charge in [0.25, 0.3) is 5.91 Å². The number of carbonyl (C=O) groups is 2. The van der Waals surface area contributed by atoms with E-state index < -0.39 is 35.2 Å². The smallest absolute Gasteiger partial charge is 0.405 e. The van der Waals surface area contributed by atoms with Crippen molar-refractivity contribution in [3.8, 4) is 0 Å². The number of benzene rings is 1. The Bertz CT molecular complexity index is 603. The predicted molar refractivity (Wildman–Crippen MR) is 87.6 cm³/mol. The van der Waals surface area contributed by atoms with E-state index in [1.807, 2.05) is 6.92 Å². The van der Waals surface area contributed by atoms with Crippen LogP contribution in [-0.2, 0) is 16.1 Å². The summed E-state index contributed by atoms with van der Waals surface area (Å²) in [5.74, 6) is -2.19. The molecule has 0 aliphatic carbocycles. The van der Waals surface area contributed by atoms with Gasteiger partial charge in [-0.05, 0) is 18.6 Å². The Morgan fingerprint density at radius 2 is 1.88 bits per heavy atom. The van der Waals surface area contributed by atoms with Crippen LogP contribution in [0.5, 0.6) is 0 Å². The number of nitrogens with two attached hydrogens (primary N) is 1. The highest BCUT2D eigenvalue weighted by Crippen LogP contribution is 2.27. The number of nitrogens with one attached hydrogen (secondary N) is 2. The highest BCUT2D eigenvalue weighted by Gasteiger charge is 2.37. The first-order valence-corrected chi connectivity index (χ1v) is 8.00. The molecule has 1 aromatic rings. The number of amides is 2. The van der Waals surface area contributed by atoms with Crippen molar-refractivity contribution in [2.24, 2.45) is 11.1 Å². The van der Waals surface area contributed by atoms with Crippen molar-refractivity contribution in [3.05, 3.63) is 33.8 Å². The molecule has 1 aromatic carbocycles. The van der Waals surface area contributed by atoms with Gasteiger partial charge < -0.3 is 10.5 Å². The first kappa shape index (κ1) is 20.3. The van der Waals surface area contributed by atoms with Crippen LogP contribution in [0.1, 0.15) is 32.8 Å². The molecule has 4 N–H and O–H groups in total. The molecular formula is C15H20BrF2N3O3. The van der Waals surface area contributed by atoms with Crippen molar-refractivity contribution in [1.82, 2.24) is 10.9 Å². The van der Waals surface area contributed by atoms with Crippen LogP contribution >= 0.6 is 15.9 Å². The molecular weight excluding hydrogens is 388 g/mol. The van der Waals surface area contributed by atoms with Gasteiger partial charge in [0.05, 0.1) is 0 Å². The molecule has 0 fully saturated rings. The second-order valence-electron chi connectivity index (χ2n) is 5.85. The standard InChI is InChI=1S/C15H20BrF2N3O3/c1-4-15(2,3)12(24-14(19)23)13(22)21-20-7-9-10(17)5-8(16)6-11(9)18/h5-6,12,20H,4,7H2,1-3H3,(H2,19,23)(H,21,22)/t12-/m1/s1. The van der Waals surface area contributed by atoms with Gasteiger partial charge in [0.15, 0.2) is 6.10 Å². The molecule has 9 heteroatoms. The van der Waals surface area contributed by atoms with Gasteiger partial charge in [-0.25, -0.2) is 19.0 Å². The monoisotopic (exact) mass is 407 g/mol. The maximum absolute atomic E-state index is 13.7. The zero-order valence-electron chi connectivity index (χ0n) is 13.6. The Morgan fingerprint density at radius 1 is 1.33 bits per heavy atom. The van der Waals surface area contributed by atoms with Crippen molar-refractivity contribution in [3.63, 3.8) is 0 Å². The van der Waals surface area contributed by atoms with Crippen molar-refractivity contribution < 1.29 is 23.1 Å². The summed E-state index contributed by atoms with van der Waals surface area (Å²) in [4.78, 5) is 23.2. The maximum atomic E-state index is 13.7. The third kappa shape index (κ3) is 5.41. The van der Waals surface area contributed by atoms with Gasteiger partial charge in [-0.2, -0.15) is 0 Å². The minimum atomic E-state index is -1.15. The number of carbonyl (C=O) groups excluding carboxylic acids is 2. The summed E-state index contributed by atoms with van der Waals surface area (Å²) in [6.07, 6.45) is -1.69. The normalized spacial score (nSPS) is 12.6. The molecule has 24 heavy (non-hydrogen) atoms. The lowest BCUT2D eigenvalue weighted by molar-refractivity contribution is -0.136. The summed E-state index contributed by atoms with van der Waals surface area (Å²) in [5, 5.41) is 0. The lowest BCUT2D eigenvalue weighted by atomic mass is 9.83. The molecule has 0 radical (unpaired) electrons. The van der Waals surface area contributed by atoms with Crippen LogP contribution in [0.4, 0.5) is 13.6 Å². The second kappa shape index (κ2) is 8.39. The summed E-state index contributed by atoms with van der Waals surface area (Å²) in [5.41, 5.74) is 8.79.